The van der Waals surface area contributed by atoms with Gasteiger partial charge in [0.2, 0.25) is 5.91 Å². The van der Waals surface area contributed by atoms with E-state index in [2.05, 4.69) is 44.5 Å². The smallest absolute Gasteiger partial charge is 0.230 e. The first-order valence-electron chi connectivity index (χ1n) is 11.4. The molecule has 0 saturated carbocycles. The van der Waals surface area contributed by atoms with E-state index in [0.29, 0.717) is 18.8 Å². The minimum atomic E-state index is -0.0162. The zero-order valence-electron chi connectivity index (χ0n) is 19.4. The van der Waals surface area contributed by atoms with Gasteiger partial charge in [-0.25, -0.2) is 9.97 Å². The molecule has 35 heavy (non-hydrogen) atoms. The molecule has 2 aromatic carbocycles. The van der Waals surface area contributed by atoms with Gasteiger partial charge >= 0.3 is 0 Å². The van der Waals surface area contributed by atoms with Gasteiger partial charge in [0.05, 0.1) is 30.4 Å². The zero-order valence-corrected chi connectivity index (χ0v) is 19.4. The van der Waals surface area contributed by atoms with Crippen molar-refractivity contribution < 1.29 is 9.21 Å². The number of carbonyl (C=O) groups excluding carboxylic acids is 1. The Labute approximate surface area is 203 Å². The van der Waals surface area contributed by atoms with Crippen LogP contribution in [0.1, 0.15) is 17.0 Å². The maximum absolute atomic E-state index is 13.2. The van der Waals surface area contributed by atoms with E-state index < -0.39 is 0 Å². The summed E-state index contributed by atoms with van der Waals surface area (Å²) >= 11 is 0. The van der Waals surface area contributed by atoms with Crippen LogP contribution < -0.4 is 5.32 Å². The number of nitrogens with one attached hydrogen (secondary N) is 1. The first kappa shape index (κ1) is 22.3. The fraction of sp³-hybridized carbons (Fsp3) is 0.143. The molecule has 0 radical (unpaired) electrons. The molecular formula is C28H25N5O2. The van der Waals surface area contributed by atoms with E-state index in [1.165, 1.54) is 0 Å². The largest absolute Gasteiger partial charge is 0.469 e. The van der Waals surface area contributed by atoms with Gasteiger partial charge in [-0.15, -0.1) is 0 Å². The third-order valence-corrected chi connectivity index (χ3v) is 5.84. The minimum absolute atomic E-state index is 0.0162. The molecule has 0 atom stereocenters. The predicted octanol–water partition coefficient (Wildman–Crippen LogP) is 5.10. The normalized spacial score (nSPS) is 10.9. The van der Waals surface area contributed by atoms with Crippen LogP contribution in [-0.4, -0.2) is 32.8 Å². The Bertz CT molecular complexity index is 1430. The number of rotatable bonds is 8. The lowest BCUT2D eigenvalue weighted by molar-refractivity contribution is -0.132. The van der Waals surface area contributed by atoms with E-state index >= 15 is 0 Å². The highest BCUT2D eigenvalue weighted by Crippen LogP contribution is 2.27. The lowest BCUT2D eigenvalue weighted by atomic mass is 10.0. The van der Waals surface area contributed by atoms with Crippen LogP contribution in [0.15, 0.2) is 96.0 Å². The fourth-order valence-electron chi connectivity index (χ4n) is 4.10. The predicted molar refractivity (Wildman–Crippen MR) is 135 cm³/mol. The van der Waals surface area contributed by atoms with Crippen molar-refractivity contribution in [2.45, 2.75) is 19.5 Å². The van der Waals surface area contributed by atoms with Crippen LogP contribution in [0.25, 0.3) is 22.0 Å². The summed E-state index contributed by atoms with van der Waals surface area (Å²) in [6.07, 6.45) is 5.10. The summed E-state index contributed by atoms with van der Waals surface area (Å²) in [4.78, 5) is 28.1. The van der Waals surface area contributed by atoms with E-state index in [1.54, 1.807) is 24.9 Å². The summed E-state index contributed by atoms with van der Waals surface area (Å²) in [5, 5.41) is 4.09. The zero-order chi connectivity index (χ0) is 24.0. The Kier molecular flexibility index (Phi) is 6.48. The average Bonchev–Trinajstić information content (AvgIpc) is 3.41. The van der Waals surface area contributed by atoms with Gasteiger partial charge in [0, 0.05) is 25.2 Å². The van der Waals surface area contributed by atoms with Gasteiger partial charge in [-0.2, -0.15) is 0 Å². The number of hydrogen-bond acceptors (Lipinski definition) is 6. The number of benzene rings is 2. The van der Waals surface area contributed by atoms with Crippen LogP contribution in [0.4, 0.5) is 5.82 Å². The minimum Gasteiger partial charge on any atom is -0.469 e. The van der Waals surface area contributed by atoms with Crippen LogP contribution in [0.3, 0.4) is 0 Å². The molecule has 3 aromatic heterocycles. The van der Waals surface area contributed by atoms with E-state index in [-0.39, 0.29) is 12.3 Å². The maximum Gasteiger partial charge on any atom is 0.230 e. The first-order chi connectivity index (χ1) is 17.2. The molecule has 174 valence electrons. The standard InChI is InChI=1S/C28H25N5O2/c1-29-28-25-15-22(10-11-26(25)31-19-32-28)21-7-4-6-20(14-21)17-33(18-23-8-2-3-12-30-23)27(34)16-24-9-5-13-35-24/h2-15,19H,16-18H2,1H3,(H,29,31,32). The lowest BCUT2D eigenvalue weighted by Gasteiger charge is -2.23. The quantitative estimate of drug-likeness (QED) is 0.345. The molecule has 7 heteroatoms. The Morgan fingerprint density at radius 3 is 2.63 bits per heavy atom. The molecule has 1 amide bonds. The summed E-state index contributed by atoms with van der Waals surface area (Å²) in [5.41, 5.74) is 4.87. The third kappa shape index (κ3) is 5.19. The Balaban J connectivity index is 1.43. The number of anilines is 1. The summed E-state index contributed by atoms with van der Waals surface area (Å²) in [5.74, 6) is 1.42. The van der Waals surface area contributed by atoms with E-state index in [0.717, 1.165) is 39.1 Å². The molecule has 0 unspecified atom stereocenters. The second-order valence-corrected chi connectivity index (χ2v) is 8.23. The molecular weight excluding hydrogens is 438 g/mol. The number of furan rings is 1. The van der Waals surface area contributed by atoms with Crippen LogP contribution in [0.5, 0.6) is 0 Å². The van der Waals surface area contributed by atoms with Gasteiger partial charge in [0.15, 0.2) is 0 Å². The number of fused-ring (bicyclic) bond motifs is 1. The topological polar surface area (TPSA) is 84.2 Å². The third-order valence-electron chi connectivity index (χ3n) is 5.84. The van der Waals surface area contributed by atoms with Gasteiger partial charge in [0.25, 0.3) is 0 Å². The van der Waals surface area contributed by atoms with Gasteiger partial charge in [-0.05, 0) is 59.2 Å². The number of aromatic nitrogens is 3. The fourth-order valence-corrected chi connectivity index (χ4v) is 4.10. The highest BCUT2D eigenvalue weighted by Gasteiger charge is 2.17. The number of carbonyl (C=O) groups is 1. The first-order valence-corrected chi connectivity index (χ1v) is 11.4. The van der Waals surface area contributed by atoms with Crippen molar-refractivity contribution in [1.82, 2.24) is 19.9 Å². The monoisotopic (exact) mass is 463 g/mol. The Hall–Kier alpha value is -4.52. The van der Waals surface area contributed by atoms with Crippen molar-refractivity contribution in [3.05, 3.63) is 109 Å². The second kappa shape index (κ2) is 10.2. The summed E-state index contributed by atoms with van der Waals surface area (Å²) < 4.78 is 5.41. The lowest BCUT2D eigenvalue weighted by Crippen LogP contribution is -2.31. The van der Waals surface area contributed by atoms with Crippen molar-refractivity contribution in [1.29, 1.82) is 0 Å². The van der Waals surface area contributed by atoms with Gasteiger partial charge in [-0.1, -0.05) is 30.3 Å². The molecule has 5 aromatic rings. The van der Waals surface area contributed by atoms with Crippen LogP contribution in [0.2, 0.25) is 0 Å². The highest BCUT2D eigenvalue weighted by atomic mass is 16.3. The molecule has 1 N–H and O–H groups in total. The van der Waals surface area contributed by atoms with Crippen molar-refractivity contribution in [3.63, 3.8) is 0 Å². The van der Waals surface area contributed by atoms with Crippen LogP contribution >= 0.6 is 0 Å². The number of nitrogens with zero attached hydrogens (tertiary/aromatic N) is 4. The number of pyridine rings is 1. The van der Waals surface area contributed by atoms with Crippen molar-refractivity contribution >= 4 is 22.6 Å². The molecule has 0 bridgehead atoms. The highest BCUT2D eigenvalue weighted by molar-refractivity contribution is 5.92. The second-order valence-electron chi connectivity index (χ2n) is 8.23. The van der Waals surface area contributed by atoms with Gasteiger partial charge in [-0.3, -0.25) is 9.78 Å². The number of hydrogen-bond donors (Lipinski definition) is 1. The van der Waals surface area contributed by atoms with Crippen molar-refractivity contribution in [2.24, 2.45) is 0 Å². The van der Waals surface area contributed by atoms with Gasteiger partial charge < -0.3 is 14.6 Å². The molecule has 5 rings (SSSR count). The SMILES string of the molecule is CNc1ncnc2ccc(-c3cccc(CN(Cc4ccccn4)C(=O)Cc4ccco4)c3)cc12. The average molecular weight is 464 g/mol. The molecule has 7 nitrogen and oxygen atoms in total. The summed E-state index contributed by atoms with van der Waals surface area (Å²) in [6, 6.07) is 23.7. The molecule has 0 aliphatic rings. The number of amides is 1. The summed E-state index contributed by atoms with van der Waals surface area (Å²) in [7, 11) is 1.85. The van der Waals surface area contributed by atoms with Gasteiger partial charge in [0.1, 0.15) is 17.9 Å². The summed E-state index contributed by atoms with van der Waals surface area (Å²) in [6.45, 7) is 0.881. The molecule has 0 aliphatic carbocycles. The Morgan fingerprint density at radius 1 is 0.914 bits per heavy atom. The van der Waals surface area contributed by atoms with E-state index in [1.807, 2.05) is 54.4 Å². The molecule has 0 fully saturated rings. The molecule has 0 spiro atoms. The van der Waals surface area contributed by atoms with E-state index in [4.69, 9.17) is 4.42 Å². The Morgan fingerprint density at radius 2 is 1.83 bits per heavy atom. The molecule has 3 heterocycles. The molecule has 0 aliphatic heterocycles. The maximum atomic E-state index is 13.2. The van der Waals surface area contributed by atoms with Crippen LogP contribution in [0, 0.1) is 0 Å². The van der Waals surface area contributed by atoms with Crippen molar-refractivity contribution in [3.8, 4) is 11.1 Å². The molecule has 0 saturated heterocycles. The van der Waals surface area contributed by atoms with Crippen LogP contribution in [-0.2, 0) is 24.3 Å². The van der Waals surface area contributed by atoms with E-state index in [9.17, 15) is 4.79 Å². The van der Waals surface area contributed by atoms with Crippen molar-refractivity contribution in [2.75, 3.05) is 12.4 Å².